The first kappa shape index (κ1) is 17.8. The van der Waals surface area contributed by atoms with E-state index in [4.69, 9.17) is 4.99 Å². The molecule has 23 heavy (non-hydrogen) atoms. The number of hydrogen-bond acceptors (Lipinski definition) is 3. The molecule has 0 spiro atoms. The smallest absolute Gasteiger partial charge is 0.194 e. The summed E-state index contributed by atoms with van der Waals surface area (Å²) in [4.78, 5) is 6.75. The number of nitrogens with zero attached hydrogens (tertiary/aromatic N) is 2. The molecule has 0 radical (unpaired) electrons. The molecular formula is C17H27N3O2S. The lowest BCUT2D eigenvalue weighted by atomic mass is 10.1. The molecule has 6 heteroatoms. The molecule has 0 amide bonds. The molecule has 1 aliphatic heterocycles. The van der Waals surface area contributed by atoms with Crippen LogP contribution in [0.1, 0.15) is 31.9 Å². The van der Waals surface area contributed by atoms with Gasteiger partial charge in [0.25, 0.3) is 0 Å². The second kappa shape index (κ2) is 6.91. The van der Waals surface area contributed by atoms with Gasteiger partial charge in [-0.15, -0.1) is 0 Å². The van der Waals surface area contributed by atoms with Crippen molar-refractivity contribution in [3.05, 3.63) is 35.4 Å². The number of nitrogens with one attached hydrogen (secondary N) is 1. The maximum absolute atomic E-state index is 12.2. The second-order valence-electron chi connectivity index (χ2n) is 6.66. The SMILES string of the molecule is CCNC(=NCc1cccc(C)c1)N1CCS(=O)(=O)C(C)(C)C1. The van der Waals surface area contributed by atoms with Crippen LogP contribution in [-0.2, 0) is 16.4 Å². The van der Waals surface area contributed by atoms with Crippen molar-refractivity contribution in [2.24, 2.45) is 4.99 Å². The molecular weight excluding hydrogens is 310 g/mol. The highest BCUT2D eigenvalue weighted by molar-refractivity contribution is 7.92. The Morgan fingerprint density at radius 3 is 2.74 bits per heavy atom. The van der Waals surface area contributed by atoms with Gasteiger partial charge in [-0.3, -0.25) is 0 Å². The summed E-state index contributed by atoms with van der Waals surface area (Å²) in [5.74, 6) is 0.964. The van der Waals surface area contributed by atoms with E-state index in [1.807, 2.05) is 13.0 Å². The molecule has 0 bridgehead atoms. The molecule has 128 valence electrons. The van der Waals surface area contributed by atoms with Gasteiger partial charge in [-0.05, 0) is 33.3 Å². The Bertz CT molecular complexity index is 681. The first-order valence-corrected chi connectivity index (χ1v) is 9.71. The average molecular weight is 337 g/mol. The van der Waals surface area contributed by atoms with Crippen molar-refractivity contribution in [3.8, 4) is 0 Å². The number of sulfone groups is 1. The van der Waals surface area contributed by atoms with E-state index < -0.39 is 14.6 Å². The first-order valence-electron chi connectivity index (χ1n) is 8.06. The summed E-state index contributed by atoms with van der Waals surface area (Å²) in [6.07, 6.45) is 0. The van der Waals surface area contributed by atoms with Gasteiger partial charge in [-0.1, -0.05) is 29.8 Å². The van der Waals surface area contributed by atoms with Gasteiger partial charge in [0.2, 0.25) is 0 Å². The monoisotopic (exact) mass is 337 g/mol. The molecule has 1 aromatic carbocycles. The molecule has 1 saturated heterocycles. The van der Waals surface area contributed by atoms with Gasteiger partial charge < -0.3 is 10.2 Å². The normalized spacial score (nSPS) is 20.3. The molecule has 0 aromatic heterocycles. The van der Waals surface area contributed by atoms with E-state index in [0.717, 1.165) is 18.1 Å². The zero-order valence-corrected chi connectivity index (χ0v) is 15.3. The maximum Gasteiger partial charge on any atom is 0.194 e. The zero-order chi connectivity index (χ0) is 17.1. The predicted octanol–water partition coefficient (Wildman–Crippen LogP) is 1.97. The summed E-state index contributed by atoms with van der Waals surface area (Å²) in [6, 6.07) is 8.28. The fourth-order valence-corrected chi connectivity index (χ4v) is 4.09. The average Bonchev–Trinajstić information content (AvgIpc) is 2.46. The van der Waals surface area contributed by atoms with E-state index in [2.05, 4.69) is 35.3 Å². The highest BCUT2D eigenvalue weighted by atomic mass is 32.2. The summed E-state index contributed by atoms with van der Waals surface area (Å²) in [7, 11) is -3.04. The Morgan fingerprint density at radius 2 is 2.13 bits per heavy atom. The van der Waals surface area contributed by atoms with Gasteiger partial charge in [0, 0.05) is 19.6 Å². The third kappa shape index (κ3) is 4.25. The lowest BCUT2D eigenvalue weighted by Crippen LogP contribution is -2.57. The second-order valence-corrected chi connectivity index (χ2v) is 9.40. The fourth-order valence-electron chi connectivity index (χ4n) is 2.73. The molecule has 0 aliphatic carbocycles. The van der Waals surface area contributed by atoms with Crippen molar-refractivity contribution in [3.63, 3.8) is 0 Å². The van der Waals surface area contributed by atoms with Crippen LogP contribution in [0.4, 0.5) is 0 Å². The lowest BCUT2D eigenvalue weighted by molar-refractivity contribution is 0.353. The molecule has 0 atom stereocenters. The number of guanidine groups is 1. The molecule has 1 fully saturated rings. The number of hydrogen-bond donors (Lipinski definition) is 1. The Morgan fingerprint density at radius 1 is 1.39 bits per heavy atom. The van der Waals surface area contributed by atoms with E-state index in [-0.39, 0.29) is 5.75 Å². The molecule has 2 rings (SSSR count). The molecule has 0 unspecified atom stereocenters. The molecule has 0 saturated carbocycles. The first-order chi connectivity index (χ1) is 10.7. The third-order valence-corrected chi connectivity index (χ3v) is 6.70. The van der Waals surface area contributed by atoms with Crippen molar-refractivity contribution in [1.29, 1.82) is 0 Å². The van der Waals surface area contributed by atoms with Crippen LogP contribution in [0.15, 0.2) is 29.3 Å². The third-order valence-electron chi connectivity index (χ3n) is 4.17. The summed E-state index contributed by atoms with van der Waals surface area (Å²) in [6.45, 7) is 9.98. The van der Waals surface area contributed by atoms with Crippen LogP contribution >= 0.6 is 0 Å². The largest absolute Gasteiger partial charge is 0.357 e. The van der Waals surface area contributed by atoms with Crippen LogP contribution in [-0.4, -0.2) is 49.4 Å². The van der Waals surface area contributed by atoms with Crippen LogP contribution < -0.4 is 5.32 Å². The van der Waals surface area contributed by atoms with Gasteiger partial charge in [0.05, 0.1) is 17.0 Å². The van der Waals surface area contributed by atoms with E-state index in [1.165, 1.54) is 5.56 Å². The number of aliphatic imine (C=N–C) groups is 1. The Kier molecular flexibility index (Phi) is 5.34. The minimum Gasteiger partial charge on any atom is -0.357 e. The van der Waals surface area contributed by atoms with Gasteiger partial charge in [-0.25, -0.2) is 13.4 Å². The summed E-state index contributed by atoms with van der Waals surface area (Å²) in [5, 5.41) is 3.28. The summed E-state index contributed by atoms with van der Waals surface area (Å²) in [5.41, 5.74) is 2.37. The van der Waals surface area contributed by atoms with Gasteiger partial charge in [0.15, 0.2) is 15.8 Å². The van der Waals surface area contributed by atoms with Crippen molar-refractivity contribution in [1.82, 2.24) is 10.2 Å². The minimum atomic E-state index is -3.04. The van der Waals surface area contributed by atoms with Gasteiger partial charge in [-0.2, -0.15) is 0 Å². The van der Waals surface area contributed by atoms with Crippen LogP contribution in [0.3, 0.4) is 0 Å². The molecule has 1 aromatic rings. The van der Waals surface area contributed by atoms with Crippen molar-refractivity contribution in [2.75, 3.05) is 25.4 Å². The van der Waals surface area contributed by atoms with E-state index in [1.54, 1.807) is 13.8 Å². The highest BCUT2D eigenvalue weighted by Gasteiger charge is 2.40. The Balaban J connectivity index is 2.16. The van der Waals surface area contributed by atoms with Crippen molar-refractivity contribution in [2.45, 2.75) is 39.0 Å². The van der Waals surface area contributed by atoms with Crippen LogP contribution in [0.5, 0.6) is 0 Å². The quantitative estimate of drug-likeness (QED) is 0.677. The van der Waals surface area contributed by atoms with Crippen LogP contribution in [0.25, 0.3) is 0 Å². The van der Waals surface area contributed by atoms with E-state index in [9.17, 15) is 8.42 Å². The summed E-state index contributed by atoms with van der Waals surface area (Å²) < 4.78 is 23.6. The number of benzene rings is 1. The van der Waals surface area contributed by atoms with Crippen LogP contribution in [0, 0.1) is 6.92 Å². The van der Waals surface area contributed by atoms with Gasteiger partial charge >= 0.3 is 0 Å². The lowest BCUT2D eigenvalue weighted by Gasteiger charge is -2.39. The minimum absolute atomic E-state index is 0.175. The molecule has 1 N–H and O–H groups in total. The zero-order valence-electron chi connectivity index (χ0n) is 14.5. The summed E-state index contributed by atoms with van der Waals surface area (Å²) >= 11 is 0. The Hall–Kier alpha value is -1.56. The molecule has 1 aliphatic rings. The topological polar surface area (TPSA) is 61.8 Å². The number of rotatable bonds is 3. The number of aryl methyl sites for hydroxylation is 1. The standard InChI is InChI=1S/C17H27N3O2S/c1-5-18-16(19-12-15-8-6-7-14(2)11-15)20-9-10-23(21,22)17(3,4)13-20/h6-8,11H,5,9-10,12-13H2,1-4H3,(H,18,19). The molecule has 1 heterocycles. The maximum atomic E-state index is 12.2. The Labute approximate surface area is 139 Å². The van der Waals surface area contributed by atoms with E-state index >= 15 is 0 Å². The van der Waals surface area contributed by atoms with E-state index in [0.29, 0.717) is 19.6 Å². The fraction of sp³-hybridized carbons (Fsp3) is 0.588. The predicted molar refractivity (Wildman–Crippen MR) is 95.4 cm³/mol. The molecule has 5 nitrogen and oxygen atoms in total. The van der Waals surface area contributed by atoms with Gasteiger partial charge in [0.1, 0.15) is 0 Å². The van der Waals surface area contributed by atoms with Crippen molar-refractivity contribution < 1.29 is 8.42 Å². The van der Waals surface area contributed by atoms with Crippen molar-refractivity contribution >= 4 is 15.8 Å². The van der Waals surface area contributed by atoms with Crippen LogP contribution in [0.2, 0.25) is 0 Å². The highest BCUT2D eigenvalue weighted by Crippen LogP contribution is 2.23.